The molecule has 1 aromatic rings. The molecular weight excluding hydrogens is 478 g/mol. The topological polar surface area (TPSA) is 85.3 Å². The van der Waals surface area contributed by atoms with Gasteiger partial charge in [-0.2, -0.15) is 0 Å². The second-order valence-electron chi connectivity index (χ2n) is 11.5. The van der Waals surface area contributed by atoms with E-state index in [1.807, 2.05) is 25.7 Å². The molecule has 2 aliphatic heterocycles. The van der Waals surface area contributed by atoms with Crippen LogP contribution in [0.2, 0.25) is 0 Å². The van der Waals surface area contributed by atoms with Crippen LogP contribution in [0.1, 0.15) is 66.9 Å². The molecule has 2 N–H and O–H groups in total. The van der Waals surface area contributed by atoms with Crippen molar-refractivity contribution in [3.63, 3.8) is 0 Å². The molecule has 0 unspecified atom stereocenters. The van der Waals surface area contributed by atoms with E-state index < -0.39 is 11.6 Å². The number of carboxylic acids is 1. The van der Waals surface area contributed by atoms with Crippen LogP contribution in [0.15, 0.2) is 24.3 Å². The minimum Gasteiger partial charge on any atom is -0.481 e. The Morgan fingerprint density at radius 3 is 1.86 bits per heavy atom. The third-order valence-corrected chi connectivity index (χ3v) is 6.27. The summed E-state index contributed by atoms with van der Waals surface area (Å²) in [6.07, 6.45) is 2.23. The smallest absolute Gasteiger partial charge is 0.481 e. The first-order chi connectivity index (χ1) is 16.2. The minimum atomic E-state index is -0.833. The quantitative estimate of drug-likeness (QED) is 0.521. The van der Waals surface area contributed by atoms with Crippen molar-refractivity contribution < 1.29 is 49.0 Å². The number of carbonyl (C=O) groups excluding carboxylic acids is 1. The molecule has 0 aliphatic carbocycles. The number of nitrogens with one attached hydrogen (secondary N) is 1. The largest absolute Gasteiger partial charge is 1.00 e. The van der Waals surface area contributed by atoms with Crippen LogP contribution < -0.4 is 39.8 Å². The van der Waals surface area contributed by atoms with Crippen LogP contribution in [0.4, 0.5) is 10.5 Å². The van der Waals surface area contributed by atoms with Crippen molar-refractivity contribution in [2.75, 3.05) is 44.2 Å². The van der Waals surface area contributed by atoms with Gasteiger partial charge >= 0.3 is 35.7 Å². The monoisotopic (exact) mass is 528 g/mol. The van der Waals surface area contributed by atoms with Gasteiger partial charge in [0.15, 0.2) is 0 Å². The molecule has 37 heavy (non-hydrogen) atoms. The summed E-state index contributed by atoms with van der Waals surface area (Å²) in [6, 6.07) is 9.49. The fourth-order valence-corrected chi connectivity index (χ4v) is 4.31. The summed E-state index contributed by atoms with van der Waals surface area (Å²) in [7, 11) is 0. The van der Waals surface area contributed by atoms with Crippen molar-refractivity contribution in [2.45, 2.75) is 85.0 Å². The minimum absolute atomic E-state index is 0. The molecule has 2 heterocycles. The Morgan fingerprint density at radius 1 is 0.946 bits per heavy atom. The number of hydrogen-bond donors (Lipinski definition) is 2. The summed E-state index contributed by atoms with van der Waals surface area (Å²) < 4.78 is 5.49. The number of likely N-dealkylation sites (tertiary alicyclic amines) is 1. The number of carboxylic acid groups (broad SMARTS) is 1. The first-order valence-electron chi connectivity index (χ1n) is 12.7. The Hall–Kier alpha value is -1.26. The number of aliphatic carboxylic acids is 1. The number of carbonyl (C=O) groups is 2. The summed E-state index contributed by atoms with van der Waals surface area (Å²) >= 11 is 0. The Morgan fingerprint density at radius 2 is 1.43 bits per heavy atom. The molecule has 8 nitrogen and oxygen atoms in total. The number of nitrogens with zero attached hydrogens (tertiary/aromatic N) is 3. The van der Waals surface area contributed by atoms with E-state index in [1.54, 1.807) is 0 Å². The van der Waals surface area contributed by atoms with Crippen molar-refractivity contribution >= 4 is 26.2 Å². The van der Waals surface area contributed by atoms with Crippen LogP contribution >= 0.6 is 0 Å². The van der Waals surface area contributed by atoms with Crippen molar-refractivity contribution in [3.8, 4) is 0 Å². The number of rotatable bonds is 4. The van der Waals surface area contributed by atoms with E-state index in [2.05, 4.69) is 60.2 Å². The Labute approximate surface area is 248 Å². The van der Waals surface area contributed by atoms with Crippen molar-refractivity contribution in [3.05, 3.63) is 29.8 Å². The van der Waals surface area contributed by atoms with E-state index in [0.717, 1.165) is 26.6 Å². The van der Waals surface area contributed by atoms with Gasteiger partial charge < -0.3 is 25.0 Å². The van der Waals surface area contributed by atoms with Crippen LogP contribution in [-0.2, 0) is 16.1 Å². The van der Waals surface area contributed by atoms with Gasteiger partial charge in [-0.25, -0.2) is 4.79 Å². The fourth-order valence-electron chi connectivity index (χ4n) is 4.31. The van der Waals surface area contributed by atoms with Gasteiger partial charge in [0.2, 0.25) is 0 Å². The maximum Gasteiger partial charge on any atom is 1.00 e. The molecule has 0 radical (unpaired) electrons. The number of piperazine rings is 1. The van der Waals surface area contributed by atoms with Gasteiger partial charge in [0.1, 0.15) is 5.60 Å². The predicted octanol–water partition coefficient (Wildman–Crippen LogP) is -0.260. The van der Waals surface area contributed by atoms with Gasteiger partial charge in [-0.1, -0.05) is 20.5 Å². The molecule has 206 valence electrons. The van der Waals surface area contributed by atoms with E-state index in [4.69, 9.17) is 14.6 Å². The number of amides is 1. The molecule has 0 spiro atoms. The van der Waals surface area contributed by atoms with E-state index in [9.17, 15) is 4.79 Å². The maximum absolute atomic E-state index is 12.2. The molecule has 10 heteroatoms. The zero-order valence-electron chi connectivity index (χ0n) is 23.8. The predicted molar refractivity (Wildman–Crippen MR) is 152 cm³/mol. The molecule has 2 fully saturated rings. The molecule has 1 aromatic carbocycles. The molecule has 2 aliphatic rings. The number of ether oxygens (including phenoxy) is 1. The van der Waals surface area contributed by atoms with Gasteiger partial charge in [-0.3, -0.25) is 9.69 Å². The maximum atomic E-state index is 12.2. The molecular formula is C27H50BN4NaO4. The molecule has 0 atom stereocenters. The molecule has 0 aromatic heterocycles. The normalized spacial score (nSPS) is 17.1. The SMILES string of the molecule is CC(=O)O.CC(C)(C)OC(=O)N1CCN(c2ccc(CNC3CCN(C(C)(C)C)CC3)cc2)CC1.[BH4-].[Na+]. The van der Waals surface area contributed by atoms with Crippen molar-refractivity contribution in [1.29, 1.82) is 0 Å². The van der Waals surface area contributed by atoms with Crippen molar-refractivity contribution in [1.82, 2.24) is 15.1 Å². The zero-order valence-corrected chi connectivity index (χ0v) is 25.8. The van der Waals surface area contributed by atoms with E-state index in [-0.39, 0.29) is 49.6 Å². The van der Waals surface area contributed by atoms with Gasteiger partial charge in [-0.05, 0) is 72.1 Å². The van der Waals surface area contributed by atoms with Crippen LogP contribution in [0, 0.1) is 0 Å². The van der Waals surface area contributed by atoms with Gasteiger partial charge in [0.05, 0.1) is 0 Å². The average Bonchev–Trinajstić information content (AvgIpc) is 2.76. The number of benzene rings is 1. The molecule has 1 amide bonds. The standard InChI is InChI=1S/C25H42N4O2.C2H4O2.BH4.Na/c1-24(2,3)29-13-11-21(12-14-29)26-19-20-7-9-22(10-8-20)27-15-17-28(18-16-27)23(30)31-25(4,5)6;1-2(3)4;;/h7-10,21,26H,11-19H2,1-6H3;1H3,(H,3,4);1H4;/q;;-1;+1. The van der Waals surface area contributed by atoms with Crippen molar-refractivity contribution in [2.24, 2.45) is 0 Å². The van der Waals surface area contributed by atoms with E-state index in [0.29, 0.717) is 19.1 Å². The van der Waals surface area contributed by atoms with Crippen LogP contribution in [0.3, 0.4) is 0 Å². The summed E-state index contributed by atoms with van der Waals surface area (Å²) in [5.74, 6) is -0.833. The molecule has 0 saturated carbocycles. The summed E-state index contributed by atoms with van der Waals surface area (Å²) in [6.45, 7) is 20.1. The summed E-state index contributed by atoms with van der Waals surface area (Å²) in [4.78, 5) is 28.0. The van der Waals surface area contributed by atoms with Gasteiger partial charge in [0.25, 0.3) is 5.97 Å². The summed E-state index contributed by atoms with van der Waals surface area (Å²) in [5.41, 5.74) is 2.39. The second kappa shape index (κ2) is 16.0. The third-order valence-electron chi connectivity index (χ3n) is 6.27. The van der Waals surface area contributed by atoms with E-state index >= 15 is 0 Å². The Bertz CT molecular complexity index is 807. The second-order valence-corrected chi connectivity index (χ2v) is 11.5. The Kier molecular flexibility index (Phi) is 15.4. The Balaban J connectivity index is 0.00000201. The number of anilines is 1. The first kappa shape index (κ1) is 35.7. The van der Waals surface area contributed by atoms with Crippen LogP contribution in [-0.4, -0.2) is 91.8 Å². The number of piperidine rings is 1. The van der Waals surface area contributed by atoms with Gasteiger partial charge in [-0.15, -0.1) is 0 Å². The zero-order chi connectivity index (χ0) is 26.2. The molecule has 3 rings (SSSR count). The third kappa shape index (κ3) is 13.4. The average molecular weight is 529 g/mol. The van der Waals surface area contributed by atoms with Crippen LogP contribution in [0.25, 0.3) is 0 Å². The van der Waals surface area contributed by atoms with Crippen LogP contribution in [0.5, 0.6) is 0 Å². The fraction of sp³-hybridized carbons (Fsp3) is 0.704. The first-order valence-corrected chi connectivity index (χ1v) is 12.7. The summed E-state index contributed by atoms with van der Waals surface area (Å²) in [5, 5.41) is 11.2. The van der Waals surface area contributed by atoms with E-state index in [1.165, 1.54) is 37.2 Å². The number of hydrogen-bond acceptors (Lipinski definition) is 6. The molecule has 2 saturated heterocycles. The molecule has 0 bridgehead atoms. The van der Waals surface area contributed by atoms with Gasteiger partial charge in [0, 0.05) is 70.0 Å².